The van der Waals surface area contributed by atoms with Crippen LogP contribution in [0.4, 0.5) is 0 Å². The molecule has 0 atom stereocenters. The molecule has 0 fully saturated rings. The smallest absolute Gasteiger partial charge is 0.0922 e. The van der Waals surface area contributed by atoms with Crippen molar-refractivity contribution in [2.45, 2.75) is 56.3 Å². The van der Waals surface area contributed by atoms with E-state index in [1.54, 1.807) is 0 Å². The second kappa shape index (κ2) is 8.91. The maximum atomic E-state index is 9.88. The summed E-state index contributed by atoms with van der Waals surface area (Å²) in [6.07, 6.45) is 13.5. The molecule has 0 radical (unpaired) electrons. The zero-order chi connectivity index (χ0) is 14.0. The number of benzene rings is 1. The average molecular weight is 288 g/mol. The third-order valence-electron chi connectivity index (χ3n) is 3.56. The summed E-state index contributed by atoms with van der Waals surface area (Å²) in [6.45, 7) is 0. The molecular weight excluding hydrogens is 264 g/mol. The highest BCUT2D eigenvalue weighted by Crippen LogP contribution is 2.30. The lowest BCUT2D eigenvalue weighted by Gasteiger charge is -2.09. The van der Waals surface area contributed by atoms with Crippen molar-refractivity contribution in [3.05, 3.63) is 53.1 Å². The lowest BCUT2D eigenvalue weighted by atomic mass is 10.1. The second-order valence-corrected chi connectivity index (χ2v) is 6.53. The molecule has 0 saturated heterocycles. The van der Waals surface area contributed by atoms with Crippen molar-refractivity contribution >= 4 is 11.8 Å². The van der Waals surface area contributed by atoms with Crippen LogP contribution in [0.15, 0.2) is 58.0 Å². The maximum absolute atomic E-state index is 9.88. The van der Waals surface area contributed by atoms with Crippen LogP contribution in [-0.2, 0) is 0 Å². The zero-order valence-corrected chi connectivity index (χ0v) is 12.9. The average Bonchev–Trinajstić information content (AvgIpc) is 2.46. The molecule has 1 aromatic carbocycles. The molecule has 0 bridgehead atoms. The van der Waals surface area contributed by atoms with Gasteiger partial charge in [0.2, 0.25) is 0 Å². The van der Waals surface area contributed by atoms with Crippen LogP contribution in [0.1, 0.15) is 51.4 Å². The van der Waals surface area contributed by atoms with E-state index < -0.39 is 0 Å². The molecule has 0 aliphatic heterocycles. The van der Waals surface area contributed by atoms with Gasteiger partial charge >= 0.3 is 0 Å². The first-order valence-corrected chi connectivity index (χ1v) is 8.48. The number of hydrogen-bond acceptors (Lipinski definition) is 2. The van der Waals surface area contributed by atoms with Crippen LogP contribution in [0.2, 0.25) is 0 Å². The van der Waals surface area contributed by atoms with Crippen LogP contribution in [0, 0.1) is 0 Å². The topological polar surface area (TPSA) is 20.2 Å². The van der Waals surface area contributed by atoms with Gasteiger partial charge in [-0.05, 0) is 48.5 Å². The fourth-order valence-electron chi connectivity index (χ4n) is 2.39. The number of thioether (sulfide) groups is 1. The van der Waals surface area contributed by atoms with Crippen molar-refractivity contribution < 1.29 is 5.11 Å². The summed E-state index contributed by atoms with van der Waals surface area (Å²) in [5, 5.41) is 9.88. The second-order valence-electron chi connectivity index (χ2n) is 5.33. The Kier molecular flexibility index (Phi) is 6.79. The Bertz CT molecular complexity index is 448. The van der Waals surface area contributed by atoms with Crippen molar-refractivity contribution in [3.63, 3.8) is 0 Å². The van der Waals surface area contributed by atoms with Crippen molar-refractivity contribution in [2.24, 2.45) is 0 Å². The highest BCUT2D eigenvalue weighted by atomic mass is 32.2. The lowest BCUT2D eigenvalue weighted by Crippen LogP contribution is -1.87. The van der Waals surface area contributed by atoms with E-state index in [0.717, 1.165) is 19.3 Å². The Morgan fingerprint density at radius 3 is 2.15 bits per heavy atom. The molecule has 1 aliphatic rings. The molecule has 1 aromatic rings. The molecule has 2 rings (SSSR count). The van der Waals surface area contributed by atoms with Crippen LogP contribution in [0.25, 0.3) is 0 Å². The summed E-state index contributed by atoms with van der Waals surface area (Å²) in [4.78, 5) is 2.63. The number of rotatable bonds is 2. The van der Waals surface area contributed by atoms with Gasteiger partial charge in [0.1, 0.15) is 0 Å². The van der Waals surface area contributed by atoms with Crippen LogP contribution in [-0.4, -0.2) is 5.11 Å². The van der Waals surface area contributed by atoms with Crippen LogP contribution in [0.3, 0.4) is 0 Å². The van der Waals surface area contributed by atoms with Gasteiger partial charge in [-0.25, -0.2) is 0 Å². The third-order valence-corrected chi connectivity index (χ3v) is 4.67. The number of aliphatic hydroxyl groups is 1. The van der Waals surface area contributed by atoms with Gasteiger partial charge in [-0.15, -0.1) is 0 Å². The molecule has 0 saturated carbocycles. The summed E-state index contributed by atoms with van der Waals surface area (Å²) in [6, 6.07) is 10.5. The highest BCUT2D eigenvalue weighted by molar-refractivity contribution is 8.03. The minimum Gasteiger partial charge on any atom is -0.512 e. The molecule has 0 unspecified atom stereocenters. The Morgan fingerprint density at radius 2 is 1.40 bits per heavy atom. The van der Waals surface area contributed by atoms with E-state index in [4.69, 9.17) is 0 Å². The first kappa shape index (κ1) is 15.2. The largest absolute Gasteiger partial charge is 0.512 e. The van der Waals surface area contributed by atoms with E-state index >= 15 is 0 Å². The van der Waals surface area contributed by atoms with Gasteiger partial charge in [0.25, 0.3) is 0 Å². The maximum Gasteiger partial charge on any atom is 0.0922 e. The van der Waals surface area contributed by atoms with Crippen LogP contribution in [0.5, 0.6) is 0 Å². The summed E-state index contributed by atoms with van der Waals surface area (Å²) in [5.41, 5.74) is 0. The molecule has 1 nitrogen and oxygen atoms in total. The van der Waals surface area contributed by atoms with Gasteiger partial charge in [-0.1, -0.05) is 55.6 Å². The Hall–Kier alpha value is -1.15. The Labute approximate surface area is 126 Å². The van der Waals surface area contributed by atoms with Crippen molar-refractivity contribution in [3.8, 4) is 0 Å². The molecule has 20 heavy (non-hydrogen) atoms. The molecule has 0 amide bonds. The van der Waals surface area contributed by atoms with E-state index in [2.05, 4.69) is 30.3 Å². The minimum absolute atomic E-state index is 0.525. The number of hydrogen-bond donors (Lipinski definition) is 1. The van der Waals surface area contributed by atoms with Gasteiger partial charge < -0.3 is 5.11 Å². The molecule has 1 N–H and O–H groups in total. The van der Waals surface area contributed by atoms with Crippen LogP contribution < -0.4 is 0 Å². The quantitative estimate of drug-likeness (QED) is 0.695. The molecule has 1 aliphatic carbocycles. The van der Waals surface area contributed by atoms with E-state index in [9.17, 15) is 5.11 Å². The summed E-state index contributed by atoms with van der Waals surface area (Å²) in [5.74, 6) is 0.525. The zero-order valence-electron chi connectivity index (χ0n) is 12.1. The third kappa shape index (κ3) is 5.87. The summed E-state index contributed by atoms with van der Waals surface area (Å²) in [7, 11) is 0. The summed E-state index contributed by atoms with van der Waals surface area (Å²) < 4.78 is 0. The van der Waals surface area contributed by atoms with Gasteiger partial charge in [0.05, 0.1) is 5.76 Å². The van der Waals surface area contributed by atoms with Crippen molar-refractivity contribution in [2.75, 3.05) is 0 Å². The highest BCUT2D eigenvalue weighted by Gasteiger charge is 2.03. The molecule has 0 heterocycles. The molecule has 0 aromatic heterocycles. The molecule has 0 spiro atoms. The number of allylic oxidation sites excluding steroid dienone is 4. The predicted molar refractivity (Wildman–Crippen MR) is 88.0 cm³/mol. The van der Waals surface area contributed by atoms with Crippen molar-refractivity contribution in [1.29, 1.82) is 0 Å². The molecule has 2 heteroatoms. The van der Waals surface area contributed by atoms with Gasteiger partial charge in [-0.3, -0.25) is 0 Å². The Morgan fingerprint density at radius 1 is 0.750 bits per heavy atom. The normalized spacial score (nSPS) is 23.6. The van der Waals surface area contributed by atoms with E-state index in [1.165, 1.54) is 41.9 Å². The van der Waals surface area contributed by atoms with Gasteiger partial charge in [-0.2, -0.15) is 0 Å². The Balaban J connectivity index is 2.04. The van der Waals surface area contributed by atoms with Crippen molar-refractivity contribution in [1.82, 2.24) is 0 Å². The number of aliphatic hydroxyl groups excluding tert-OH is 1. The SMILES string of the molecule is O/C1=C/C=C(/Sc2ccccc2)CCCCCCCC1. The first-order chi connectivity index (χ1) is 9.84. The summed E-state index contributed by atoms with van der Waals surface area (Å²) >= 11 is 1.82. The van der Waals surface area contributed by atoms with Gasteiger partial charge in [0.15, 0.2) is 0 Å². The first-order valence-electron chi connectivity index (χ1n) is 7.66. The monoisotopic (exact) mass is 288 g/mol. The van der Waals surface area contributed by atoms with Gasteiger partial charge in [0, 0.05) is 11.3 Å². The van der Waals surface area contributed by atoms with Crippen LogP contribution >= 0.6 is 11.8 Å². The molecular formula is C18H24OS. The minimum atomic E-state index is 0.525. The lowest BCUT2D eigenvalue weighted by molar-refractivity contribution is 0.380. The molecule has 108 valence electrons. The predicted octanol–water partition coefficient (Wildman–Crippen LogP) is 6.24. The van der Waals surface area contributed by atoms with E-state index in [1.807, 2.05) is 23.9 Å². The fraction of sp³-hybridized carbons (Fsp3) is 0.444. The van der Waals surface area contributed by atoms with E-state index in [0.29, 0.717) is 5.76 Å². The fourth-order valence-corrected chi connectivity index (χ4v) is 3.37. The standard InChI is InChI=1S/C18H24OS/c19-16-10-6-3-1-2-4-7-13-18(15-14-16)20-17-11-8-5-9-12-17/h5,8-9,11-12,14-15,19H,1-4,6-7,10,13H2/b16-14+,18-15+. The van der Waals surface area contributed by atoms with E-state index in [-0.39, 0.29) is 0 Å².